The third-order valence-electron chi connectivity index (χ3n) is 3.15. The molecule has 0 radical (unpaired) electrons. The molecule has 0 unspecified atom stereocenters. The fraction of sp³-hybridized carbons (Fsp3) is 0.571. The lowest BCUT2D eigenvalue weighted by molar-refractivity contribution is 0.261. The summed E-state index contributed by atoms with van der Waals surface area (Å²) in [6.45, 7) is 8.30. The molecule has 0 aromatic carbocycles. The van der Waals surface area contributed by atoms with Gasteiger partial charge in [-0.1, -0.05) is 13.8 Å². The number of aromatic amines is 1. The molecule has 0 aliphatic rings. The molecule has 1 heterocycles. The topological polar surface area (TPSA) is 80.1 Å². The van der Waals surface area contributed by atoms with Gasteiger partial charge < -0.3 is 5.11 Å². The highest BCUT2D eigenvalue weighted by Crippen LogP contribution is 2.20. The lowest BCUT2D eigenvalue weighted by Crippen LogP contribution is -2.26. The Labute approximate surface area is 113 Å². The van der Waals surface area contributed by atoms with Crippen molar-refractivity contribution in [3.63, 3.8) is 0 Å². The normalized spacial score (nSPS) is 10.7. The average molecular weight is 263 g/mol. The van der Waals surface area contributed by atoms with E-state index in [9.17, 15) is 9.90 Å². The molecule has 1 aromatic rings. The molecule has 1 aromatic heterocycles. The van der Waals surface area contributed by atoms with Gasteiger partial charge >= 0.3 is 0 Å². The summed E-state index contributed by atoms with van der Waals surface area (Å²) in [6, 6.07) is 1.90. The molecule has 0 atom stereocenters. The van der Waals surface area contributed by atoms with Crippen LogP contribution in [0.25, 0.3) is 0 Å². The van der Waals surface area contributed by atoms with Gasteiger partial charge in [-0.25, -0.2) is 0 Å². The summed E-state index contributed by atoms with van der Waals surface area (Å²) >= 11 is 0. The Hall–Kier alpha value is -1.80. The molecule has 0 saturated heterocycles. The summed E-state index contributed by atoms with van der Waals surface area (Å²) < 4.78 is 0. The van der Waals surface area contributed by atoms with Crippen molar-refractivity contribution in [3.05, 3.63) is 27.0 Å². The van der Waals surface area contributed by atoms with Gasteiger partial charge in [0.05, 0.1) is 0 Å². The minimum Gasteiger partial charge on any atom is -0.494 e. The SMILES string of the molecule is CCCN(CCC)Cc1c(O)[nH]c(=O)c(C#N)c1C. The first-order valence-corrected chi connectivity index (χ1v) is 6.62. The second-order valence-electron chi connectivity index (χ2n) is 4.67. The number of hydrogen-bond acceptors (Lipinski definition) is 4. The molecular weight excluding hydrogens is 242 g/mol. The third-order valence-corrected chi connectivity index (χ3v) is 3.15. The van der Waals surface area contributed by atoms with E-state index in [1.165, 1.54) is 0 Å². The zero-order valence-electron chi connectivity index (χ0n) is 11.8. The van der Waals surface area contributed by atoms with E-state index in [4.69, 9.17) is 5.26 Å². The molecule has 0 aliphatic heterocycles. The fourth-order valence-corrected chi connectivity index (χ4v) is 2.20. The summed E-state index contributed by atoms with van der Waals surface area (Å²) in [5.41, 5.74) is 0.763. The van der Waals surface area contributed by atoms with E-state index in [-0.39, 0.29) is 11.4 Å². The molecule has 19 heavy (non-hydrogen) atoms. The summed E-state index contributed by atoms with van der Waals surface area (Å²) in [7, 11) is 0. The molecule has 5 nitrogen and oxygen atoms in total. The Bertz CT molecular complexity index is 523. The third kappa shape index (κ3) is 3.58. The van der Waals surface area contributed by atoms with Gasteiger partial charge in [-0.3, -0.25) is 14.7 Å². The number of aromatic hydroxyl groups is 1. The van der Waals surface area contributed by atoms with Gasteiger partial charge in [0.15, 0.2) is 5.88 Å². The van der Waals surface area contributed by atoms with Crippen LogP contribution in [-0.2, 0) is 6.54 Å². The number of rotatable bonds is 6. The van der Waals surface area contributed by atoms with Crippen LogP contribution in [0, 0.1) is 18.3 Å². The van der Waals surface area contributed by atoms with E-state index in [1.807, 2.05) is 6.07 Å². The first kappa shape index (κ1) is 15.3. The van der Waals surface area contributed by atoms with Crippen molar-refractivity contribution in [1.82, 2.24) is 9.88 Å². The van der Waals surface area contributed by atoms with Crippen LogP contribution >= 0.6 is 0 Å². The van der Waals surface area contributed by atoms with Crippen molar-refractivity contribution >= 4 is 0 Å². The monoisotopic (exact) mass is 263 g/mol. The van der Waals surface area contributed by atoms with Crippen molar-refractivity contribution in [1.29, 1.82) is 5.26 Å². The highest BCUT2D eigenvalue weighted by molar-refractivity contribution is 5.44. The van der Waals surface area contributed by atoms with Crippen LogP contribution in [0.5, 0.6) is 5.88 Å². The standard InChI is InChI=1S/C14H21N3O2/c1-4-6-17(7-5-2)9-12-10(3)11(8-15)13(18)16-14(12)19/h4-7,9H2,1-3H3,(H2,16,18,19). The average Bonchev–Trinajstić information content (AvgIpc) is 2.35. The highest BCUT2D eigenvalue weighted by atomic mass is 16.3. The lowest BCUT2D eigenvalue weighted by Gasteiger charge is -2.22. The number of aromatic nitrogens is 1. The molecule has 0 spiro atoms. The lowest BCUT2D eigenvalue weighted by atomic mass is 10.1. The molecule has 104 valence electrons. The second kappa shape index (κ2) is 6.95. The van der Waals surface area contributed by atoms with Crippen LogP contribution in [-0.4, -0.2) is 28.1 Å². The minimum absolute atomic E-state index is 0.0840. The van der Waals surface area contributed by atoms with E-state index >= 15 is 0 Å². The fourth-order valence-electron chi connectivity index (χ4n) is 2.20. The van der Waals surface area contributed by atoms with E-state index in [1.54, 1.807) is 6.92 Å². The van der Waals surface area contributed by atoms with Gasteiger partial charge in [-0.05, 0) is 38.4 Å². The second-order valence-corrected chi connectivity index (χ2v) is 4.67. The van der Waals surface area contributed by atoms with Crippen LogP contribution < -0.4 is 5.56 Å². The Morgan fingerprint density at radius 3 is 2.37 bits per heavy atom. The molecule has 0 bridgehead atoms. The predicted octanol–water partition coefficient (Wildman–Crippen LogP) is 1.88. The Kier molecular flexibility index (Phi) is 5.58. The van der Waals surface area contributed by atoms with Gasteiger partial charge in [0.2, 0.25) is 0 Å². The maximum absolute atomic E-state index is 11.5. The predicted molar refractivity (Wildman–Crippen MR) is 74.0 cm³/mol. The quantitative estimate of drug-likeness (QED) is 0.821. The zero-order valence-corrected chi connectivity index (χ0v) is 11.8. The molecule has 0 saturated carbocycles. The van der Waals surface area contributed by atoms with Gasteiger partial charge in [0.1, 0.15) is 11.6 Å². The Balaban J connectivity index is 3.13. The molecule has 0 aliphatic carbocycles. The first-order chi connectivity index (χ1) is 9.04. The van der Waals surface area contributed by atoms with Crippen LogP contribution in [0.1, 0.15) is 43.4 Å². The van der Waals surface area contributed by atoms with E-state index < -0.39 is 5.56 Å². The summed E-state index contributed by atoms with van der Waals surface area (Å²) in [5.74, 6) is -0.126. The van der Waals surface area contributed by atoms with Crippen molar-refractivity contribution < 1.29 is 5.11 Å². The Morgan fingerprint density at radius 2 is 1.89 bits per heavy atom. The molecule has 0 fully saturated rings. The number of nitrogens with zero attached hydrogens (tertiary/aromatic N) is 2. The number of nitrogens with one attached hydrogen (secondary N) is 1. The summed E-state index contributed by atoms with van der Waals surface area (Å²) in [5, 5.41) is 18.9. The van der Waals surface area contributed by atoms with Crippen LogP contribution in [0.2, 0.25) is 0 Å². The largest absolute Gasteiger partial charge is 0.494 e. The van der Waals surface area contributed by atoms with Crippen molar-refractivity contribution in [2.24, 2.45) is 0 Å². The van der Waals surface area contributed by atoms with Crippen LogP contribution in [0.4, 0.5) is 0 Å². The number of pyridine rings is 1. The number of nitriles is 1. The van der Waals surface area contributed by atoms with Gasteiger partial charge in [-0.2, -0.15) is 5.26 Å². The van der Waals surface area contributed by atoms with Gasteiger partial charge in [0.25, 0.3) is 5.56 Å². The van der Waals surface area contributed by atoms with E-state index in [2.05, 4.69) is 23.7 Å². The molecule has 5 heteroatoms. The smallest absolute Gasteiger partial charge is 0.268 e. The maximum Gasteiger partial charge on any atom is 0.268 e. The summed E-state index contributed by atoms with van der Waals surface area (Å²) in [4.78, 5) is 16.1. The minimum atomic E-state index is -0.529. The van der Waals surface area contributed by atoms with E-state index in [0.29, 0.717) is 17.7 Å². The molecule has 2 N–H and O–H groups in total. The highest BCUT2D eigenvalue weighted by Gasteiger charge is 2.16. The maximum atomic E-state index is 11.5. The number of hydrogen-bond donors (Lipinski definition) is 2. The van der Waals surface area contributed by atoms with Gasteiger partial charge in [-0.15, -0.1) is 0 Å². The van der Waals surface area contributed by atoms with Crippen molar-refractivity contribution in [2.75, 3.05) is 13.1 Å². The molecular formula is C14H21N3O2. The Morgan fingerprint density at radius 1 is 1.32 bits per heavy atom. The van der Waals surface area contributed by atoms with E-state index in [0.717, 1.165) is 25.9 Å². The van der Waals surface area contributed by atoms with Crippen LogP contribution in [0.3, 0.4) is 0 Å². The van der Waals surface area contributed by atoms with Crippen LogP contribution in [0.15, 0.2) is 4.79 Å². The molecule has 1 rings (SSSR count). The zero-order chi connectivity index (χ0) is 14.4. The summed E-state index contributed by atoms with van der Waals surface area (Å²) in [6.07, 6.45) is 2.04. The van der Waals surface area contributed by atoms with Gasteiger partial charge in [0, 0.05) is 12.1 Å². The van der Waals surface area contributed by atoms with Crippen molar-refractivity contribution in [2.45, 2.75) is 40.2 Å². The van der Waals surface area contributed by atoms with Crippen molar-refractivity contribution in [3.8, 4) is 11.9 Å². The first-order valence-electron chi connectivity index (χ1n) is 6.62. The molecule has 0 amide bonds. The number of H-pyrrole nitrogens is 1.